The number of nitrogens with zero attached hydrogens (tertiary/aromatic N) is 1. The van der Waals surface area contributed by atoms with E-state index in [4.69, 9.17) is 15.9 Å². The van der Waals surface area contributed by atoms with E-state index in [0.717, 1.165) is 4.90 Å². The summed E-state index contributed by atoms with van der Waals surface area (Å²) in [6.07, 6.45) is 0. The maximum absolute atomic E-state index is 11.4. The Bertz CT molecular complexity index is 368. The highest BCUT2D eigenvalue weighted by molar-refractivity contribution is 8.00. The number of fused-ring (bicyclic) bond motifs is 1. The minimum atomic E-state index is -1.19. The molecule has 2 atom stereocenters. The van der Waals surface area contributed by atoms with Crippen LogP contribution in [0.15, 0.2) is 11.3 Å². The number of carbonyl (C=O) groups excluding carboxylic acids is 1. The number of amides is 1. The highest BCUT2D eigenvalue weighted by atomic mass is 32.2. The zero-order valence-electron chi connectivity index (χ0n) is 7.71. The van der Waals surface area contributed by atoms with Crippen molar-refractivity contribution in [2.24, 2.45) is 5.73 Å². The van der Waals surface area contributed by atoms with Crippen LogP contribution >= 0.6 is 11.8 Å². The lowest BCUT2D eigenvalue weighted by molar-refractivity contribution is -0.148. The fraction of sp³-hybridized carbons (Fsp3) is 0.500. The highest BCUT2D eigenvalue weighted by Crippen LogP contribution is 2.39. The molecule has 0 aromatic heterocycles. The maximum Gasteiger partial charge on any atom is 0.352 e. The Kier molecular flexibility index (Phi) is 2.45. The van der Waals surface area contributed by atoms with Crippen LogP contribution in [0.3, 0.4) is 0 Å². The van der Waals surface area contributed by atoms with Gasteiger partial charge in [-0.1, -0.05) is 0 Å². The Morgan fingerprint density at radius 1 is 1.67 bits per heavy atom. The number of nitrogens with two attached hydrogens (primary N) is 1. The topological polar surface area (TPSA) is 104 Å². The van der Waals surface area contributed by atoms with Gasteiger partial charge in [-0.05, 0) is 5.57 Å². The van der Waals surface area contributed by atoms with Gasteiger partial charge in [0.15, 0.2) is 0 Å². The van der Waals surface area contributed by atoms with Crippen LogP contribution in [0.1, 0.15) is 0 Å². The zero-order valence-corrected chi connectivity index (χ0v) is 8.53. The Balaban J connectivity index is 2.38. The third-order valence-corrected chi connectivity index (χ3v) is 3.84. The lowest BCUT2D eigenvalue weighted by Gasteiger charge is -2.47. The van der Waals surface area contributed by atoms with E-state index in [-0.39, 0.29) is 17.7 Å². The molecule has 0 bridgehead atoms. The van der Waals surface area contributed by atoms with Gasteiger partial charge in [-0.2, -0.15) is 0 Å². The summed E-state index contributed by atoms with van der Waals surface area (Å²) < 4.78 is 0. The van der Waals surface area contributed by atoms with Gasteiger partial charge in [-0.25, -0.2) is 4.79 Å². The molecule has 0 radical (unpaired) electrons. The molecule has 4 N–H and O–H groups in total. The summed E-state index contributed by atoms with van der Waals surface area (Å²) in [7, 11) is 0. The zero-order chi connectivity index (χ0) is 11.2. The van der Waals surface area contributed by atoms with Crippen LogP contribution in [0.5, 0.6) is 0 Å². The largest absolute Gasteiger partial charge is 0.477 e. The Morgan fingerprint density at radius 3 is 2.87 bits per heavy atom. The van der Waals surface area contributed by atoms with Crippen molar-refractivity contribution >= 4 is 23.6 Å². The number of thioether (sulfide) groups is 1. The molecular formula is C8H10N2O4S. The number of aliphatic hydroxyl groups excluding tert-OH is 1. The molecule has 1 unspecified atom stereocenters. The molecule has 2 rings (SSSR count). The maximum atomic E-state index is 11.4. The second kappa shape index (κ2) is 3.51. The number of carbonyl (C=O) groups is 2. The Labute approximate surface area is 89.7 Å². The van der Waals surface area contributed by atoms with Crippen LogP contribution in [0, 0.1) is 0 Å². The SMILES string of the molecule is NC1C(=O)N2C(C(=O)O)=C(CO)CS[C@@H]12. The van der Waals surface area contributed by atoms with Gasteiger partial charge in [0.25, 0.3) is 0 Å². The molecule has 2 heterocycles. The average Bonchev–Trinajstić information content (AvgIpc) is 2.25. The van der Waals surface area contributed by atoms with Crippen molar-refractivity contribution in [1.29, 1.82) is 0 Å². The van der Waals surface area contributed by atoms with E-state index in [9.17, 15) is 9.59 Å². The second-order valence-corrected chi connectivity index (χ2v) is 4.46. The first-order chi connectivity index (χ1) is 7.07. The van der Waals surface area contributed by atoms with Crippen molar-refractivity contribution in [3.63, 3.8) is 0 Å². The van der Waals surface area contributed by atoms with E-state index < -0.39 is 17.9 Å². The van der Waals surface area contributed by atoms with Crippen LogP contribution in [0.4, 0.5) is 0 Å². The fourth-order valence-corrected chi connectivity index (χ4v) is 2.98. The molecule has 1 amide bonds. The van der Waals surface area contributed by atoms with E-state index in [1.807, 2.05) is 0 Å². The molecular weight excluding hydrogens is 220 g/mol. The van der Waals surface area contributed by atoms with Crippen LogP contribution in [0.25, 0.3) is 0 Å². The van der Waals surface area contributed by atoms with Crippen LogP contribution in [-0.2, 0) is 9.59 Å². The predicted molar refractivity (Wildman–Crippen MR) is 52.8 cm³/mol. The van der Waals surface area contributed by atoms with Crippen molar-refractivity contribution < 1.29 is 19.8 Å². The van der Waals surface area contributed by atoms with Crippen molar-refractivity contribution in [3.05, 3.63) is 11.3 Å². The fourth-order valence-electron chi connectivity index (χ4n) is 1.70. The number of carboxylic acids is 1. The summed E-state index contributed by atoms with van der Waals surface area (Å²) >= 11 is 1.38. The van der Waals surface area contributed by atoms with Gasteiger partial charge >= 0.3 is 5.97 Å². The molecule has 2 aliphatic rings. The van der Waals surface area contributed by atoms with Crippen molar-refractivity contribution in [1.82, 2.24) is 4.90 Å². The smallest absolute Gasteiger partial charge is 0.352 e. The normalized spacial score (nSPS) is 30.0. The minimum Gasteiger partial charge on any atom is -0.477 e. The number of hydrogen-bond donors (Lipinski definition) is 3. The summed E-state index contributed by atoms with van der Waals surface area (Å²) in [4.78, 5) is 23.5. The average molecular weight is 230 g/mol. The quantitative estimate of drug-likeness (QED) is 0.502. The molecule has 15 heavy (non-hydrogen) atoms. The summed E-state index contributed by atoms with van der Waals surface area (Å²) in [5.74, 6) is -1.18. The molecule has 0 spiro atoms. The number of aliphatic hydroxyl groups is 1. The summed E-state index contributed by atoms with van der Waals surface area (Å²) in [5.41, 5.74) is 5.80. The molecule has 0 aliphatic carbocycles. The first-order valence-electron chi connectivity index (χ1n) is 4.34. The van der Waals surface area contributed by atoms with Gasteiger partial charge in [-0.3, -0.25) is 9.69 Å². The van der Waals surface area contributed by atoms with Gasteiger partial charge in [0.2, 0.25) is 5.91 Å². The molecule has 0 saturated carbocycles. The summed E-state index contributed by atoms with van der Waals surface area (Å²) in [6, 6.07) is -0.621. The first-order valence-corrected chi connectivity index (χ1v) is 5.39. The molecule has 0 aromatic rings. The summed E-state index contributed by atoms with van der Waals surface area (Å²) in [6.45, 7) is -0.347. The standard InChI is InChI=1S/C8H10N2O4S/c9-4-6(12)10-5(8(13)14)3(1-11)2-15-7(4)10/h4,7,11H,1-2,9H2,(H,13,14)/t4?,7-/m0/s1. The number of carboxylic acid groups (broad SMARTS) is 1. The highest BCUT2D eigenvalue weighted by Gasteiger charge is 2.51. The van der Waals surface area contributed by atoms with E-state index in [1.54, 1.807) is 0 Å². The van der Waals surface area contributed by atoms with Crippen LogP contribution in [-0.4, -0.2) is 50.8 Å². The lowest BCUT2D eigenvalue weighted by atomic mass is 10.0. The summed E-state index contributed by atoms with van der Waals surface area (Å²) in [5, 5.41) is 17.6. The number of hydrogen-bond acceptors (Lipinski definition) is 5. The van der Waals surface area contributed by atoms with Crippen molar-refractivity contribution in [2.45, 2.75) is 11.4 Å². The Hall–Kier alpha value is -1.05. The molecule has 82 valence electrons. The van der Waals surface area contributed by atoms with Gasteiger partial charge in [0.1, 0.15) is 17.1 Å². The molecule has 7 heteroatoms. The van der Waals surface area contributed by atoms with E-state index in [2.05, 4.69) is 0 Å². The number of rotatable bonds is 2. The Morgan fingerprint density at radius 2 is 2.33 bits per heavy atom. The van der Waals surface area contributed by atoms with Crippen molar-refractivity contribution in [3.8, 4) is 0 Å². The van der Waals surface area contributed by atoms with E-state index in [1.165, 1.54) is 11.8 Å². The molecule has 6 nitrogen and oxygen atoms in total. The van der Waals surface area contributed by atoms with Crippen molar-refractivity contribution in [2.75, 3.05) is 12.4 Å². The third-order valence-electron chi connectivity index (χ3n) is 2.48. The third kappa shape index (κ3) is 1.35. The van der Waals surface area contributed by atoms with Crippen LogP contribution < -0.4 is 5.73 Å². The van der Waals surface area contributed by atoms with Gasteiger partial charge in [0.05, 0.1) is 6.61 Å². The molecule has 0 aromatic carbocycles. The van der Waals surface area contributed by atoms with E-state index >= 15 is 0 Å². The molecule has 1 fully saturated rings. The molecule has 1 saturated heterocycles. The molecule has 2 aliphatic heterocycles. The van der Waals surface area contributed by atoms with Gasteiger partial charge in [0, 0.05) is 5.75 Å². The van der Waals surface area contributed by atoms with Gasteiger partial charge < -0.3 is 15.9 Å². The monoisotopic (exact) mass is 230 g/mol. The van der Waals surface area contributed by atoms with Crippen LogP contribution in [0.2, 0.25) is 0 Å². The predicted octanol–water partition coefficient (Wildman–Crippen LogP) is -1.44. The first kappa shape index (κ1) is 10.5. The van der Waals surface area contributed by atoms with Gasteiger partial charge in [-0.15, -0.1) is 11.8 Å². The number of β-lactam (4-membered cyclic amide) rings is 1. The lowest BCUT2D eigenvalue weighted by Crippen LogP contribution is -2.68. The second-order valence-electron chi connectivity index (χ2n) is 3.35. The van der Waals surface area contributed by atoms with E-state index in [0.29, 0.717) is 11.3 Å². The number of aliphatic carboxylic acids is 1. The minimum absolute atomic E-state index is 0.104.